The average molecular weight is 281 g/mol. The summed E-state index contributed by atoms with van der Waals surface area (Å²) in [5.74, 6) is 0.954. The Kier molecular flexibility index (Phi) is 4.79. The molecule has 0 radical (unpaired) electrons. The molecule has 1 atom stereocenters. The molecule has 2 rings (SSSR count). The maximum atomic E-state index is 9.78. The highest BCUT2D eigenvalue weighted by Crippen LogP contribution is 2.24. The van der Waals surface area contributed by atoms with Crippen LogP contribution in [0, 0.1) is 13.8 Å². The third-order valence-electron chi connectivity index (χ3n) is 3.95. The maximum Gasteiger partial charge on any atom is 0.121 e. The average Bonchev–Trinajstić information content (AvgIpc) is 2.50. The minimum Gasteiger partial charge on any atom is -0.507 e. The molecule has 1 N–H and O–H groups in total. The van der Waals surface area contributed by atoms with Gasteiger partial charge in [0.05, 0.1) is 5.69 Å². The topological polar surface area (TPSA) is 32.6 Å². The van der Waals surface area contributed by atoms with Crippen LogP contribution in [0.2, 0.25) is 0 Å². The Hall–Kier alpha value is -2.09. The Morgan fingerprint density at radius 2 is 1.67 bits per heavy atom. The highest BCUT2D eigenvalue weighted by molar-refractivity contribution is 5.83. The van der Waals surface area contributed by atoms with Crippen LogP contribution in [0.15, 0.2) is 41.4 Å². The van der Waals surface area contributed by atoms with Gasteiger partial charge >= 0.3 is 0 Å². The van der Waals surface area contributed by atoms with E-state index in [0.29, 0.717) is 11.7 Å². The first-order chi connectivity index (χ1) is 10.0. The zero-order valence-corrected chi connectivity index (χ0v) is 13.2. The molecule has 0 spiro atoms. The van der Waals surface area contributed by atoms with E-state index in [0.717, 1.165) is 28.8 Å². The van der Waals surface area contributed by atoms with Crippen LogP contribution in [0.3, 0.4) is 0 Å². The maximum absolute atomic E-state index is 9.78. The van der Waals surface area contributed by atoms with Crippen molar-refractivity contribution < 1.29 is 5.11 Å². The van der Waals surface area contributed by atoms with Gasteiger partial charge in [0.2, 0.25) is 0 Å². The van der Waals surface area contributed by atoms with E-state index in [1.165, 1.54) is 5.56 Å². The fourth-order valence-electron chi connectivity index (χ4n) is 2.34. The molecule has 110 valence electrons. The zero-order chi connectivity index (χ0) is 15.4. The predicted molar refractivity (Wildman–Crippen MR) is 90.0 cm³/mol. The minimum absolute atomic E-state index is 0.366. The van der Waals surface area contributed by atoms with E-state index in [4.69, 9.17) is 0 Å². The molecule has 2 aromatic carbocycles. The molecule has 0 saturated carbocycles. The number of nitrogens with zero attached hydrogens (tertiary/aromatic N) is 1. The summed E-state index contributed by atoms with van der Waals surface area (Å²) in [5, 5.41) is 9.78. The molecule has 2 aromatic rings. The molecular weight excluding hydrogens is 258 g/mol. The number of hydrogen-bond donors (Lipinski definition) is 1. The molecule has 0 aliphatic rings. The standard InChI is InChI=1S/C19H23NO/c1-5-13(2)17-6-8-18(9-7-17)20-12-16-10-14(3)19(21)15(4)11-16/h6-13,21H,5H2,1-4H3/t13-/m1/s1. The van der Waals surface area contributed by atoms with Gasteiger partial charge in [-0.25, -0.2) is 0 Å². The normalized spacial score (nSPS) is 12.8. The Balaban J connectivity index is 2.18. The van der Waals surface area contributed by atoms with Gasteiger partial charge in [0, 0.05) is 6.21 Å². The lowest BCUT2D eigenvalue weighted by Crippen LogP contribution is -1.90. The van der Waals surface area contributed by atoms with Crippen LogP contribution in [0.1, 0.15) is 48.4 Å². The molecule has 21 heavy (non-hydrogen) atoms. The second-order valence-corrected chi connectivity index (χ2v) is 5.66. The lowest BCUT2D eigenvalue weighted by molar-refractivity contribution is 0.467. The molecule has 0 fully saturated rings. The van der Waals surface area contributed by atoms with Gasteiger partial charge in [-0.2, -0.15) is 0 Å². The van der Waals surface area contributed by atoms with E-state index >= 15 is 0 Å². The molecule has 0 aliphatic carbocycles. The van der Waals surface area contributed by atoms with E-state index in [1.807, 2.05) is 32.2 Å². The molecular formula is C19H23NO. The number of benzene rings is 2. The Morgan fingerprint density at radius 3 is 2.19 bits per heavy atom. The highest BCUT2D eigenvalue weighted by Gasteiger charge is 2.03. The number of aliphatic imine (C=N–C) groups is 1. The number of phenols is 1. The third kappa shape index (κ3) is 3.72. The molecule has 0 unspecified atom stereocenters. The first-order valence-corrected chi connectivity index (χ1v) is 7.45. The summed E-state index contributed by atoms with van der Waals surface area (Å²) >= 11 is 0. The zero-order valence-electron chi connectivity index (χ0n) is 13.2. The largest absolute Gasteiger partial charge is 0.507 e. The monoisotopic (exact) mass is 281 g/mol. The van der Waals surface area contributed by atoms with Gasteiger partial charge in [-0.15, -0.1) is 0 Å². The number of hydrogen-bond acceptors (Lipinski definition) is 2. The van der Waals surface area contributed by atoms with Gasteiger partial charge in [0.25, 0.3) is 0 Å². The van der Waals surface area contributed by atoms with Crippen molar-refractivity contribution in [2.24, 2.45) is 4.99 Å². The molecule has 0 heterocycles. The fraction of sp³-hybridized carbons (Fsp3) is 0.316. The van der Waals surface area contributed by atoms with Crippen LogP contribution in [0.4, 0.5) is 5.69 Å². The SMILES string of the molecule is CC[C@@H](C)c1ccc(N=Cc2cc(C)c(O)c(C)c2)cc1. The van der Waals surface area contributed by atoms with Gasteiger partial charge in [0.1, 0.15) is 5.75 Å². The second-order valence-electron chi connectivity index (χ2n) is 5.66. The molecule has 2 heteroatoms. The molecule has 0 saturated heterocycles. The van der Waals surface area contributed by atoms with Crippen LogP contribution >= 0.6 is 0 Å². The highest BCUT2D eigenvalue weighted by atomic mass is 16.3. The van der Waals surface area contributed by atoms with Crippen molar-refractivity contribution in [2.45, 2.75) is 40.0 Å². The van der Waals surface area contributed by atoms with E-state index in [1.54, 1.807) is 0 Å². The summed E-state index contributed by atoms with van der Waals surface area (Å²) in [6, 6.07) is 12.3. The fourth-order valence-corrected chi connectivity index (χ4v) is 2.34. The molecule has 0 aliphatic heterocycles. The van der Waals surface area contributed by atoms with Crippen molar-refractivity contribution in [1.29, 1.82) is 0 Å². The summed E-state index contributed by atoms with van der Waals surface area (Å²) in [6.45, 7) is 8.24. The summed E-state index contributed by atoms with van der Waals surface area (Å²) in [6.07, 6.45) is 2.99. The van der Waals surface area contributed by atoms with Crippen LogP contribution in [0.5, 0.6) is 5.75 Å². The quantitative estimate of drug-likeness (QED) is 0.760. The predicted octanol–water partition coefficient (Wildman–Crippen LogP) is 5.27. The van der Waals surface area contributed by atoms with Crippen molar-refractivity contribution in [3.8, 4) is 5.75 Å². The summed E-state index contributed by atoms with van der Waals surface area (Å²) in [7, 11) is 0. The first kappa shape index (κ1) is 15.3. The van der Waals surface area contributed by atoms with E-state index < -0.39 is 0 Å². The Bertz CT molecular complexity index is 618. The first-order valence-electron chi connectivity index (χ1n) is 7.45. The van der Waals surface area contributed by atoms with Crippen LogP contribution in [0.25, 0.3) is 0 Å². The van der Waals surface area contributed by atoms with E-state index in [9.17, 15) is 5.11 Å². The minimum atomic E-state index is 0.366. The van der Waals surface area contributed by atoms with Gasteiger partial charge < -0.3 is 5.11 Å². The summed E-state index contributed by atoms with van der Waals surface area (Å²) in [4.78, 5) is 4.51. The van der Waals surface area contributed by atoms with Crippen LogP contribution in [-0.2, 0) is 0 Å². The van der Waals surface area contributed by atoms with Gasteiger partial charge in [0.15, 0.2) is 0 Å². The van der Waals surface area contributed by atoms with Gasteiger partial charge in [-0.05, 0) is 72.7 Å². The Labute approximate surface area is 127 Å². The van der Waals surface area contributed by atoms with Crippen molar-refractivity contribution >= 4 is 11.9 Å². The van der Waals surface area contributed by atoms with Gasteiger partial charge in [-0.3, -0.25) is 4.99 Å². The van der Waals surface area contributed by atoms with Crippen LogP contribution < -0.4 is 0 Å². The van der Waals surface area contributed by atoms with E-state index in [2.05, 4.69) is 43.1 Å². The lowest BCUT2D eigenvalue weighted by Gasteiger charge is -2.08. The third-order valence-corrected chi connectivity index (χ3v) is 3.95. The summed E-state index contributed by atoms with van der Waals surface area (Å²) < 4.78 is 0. The lowest BCUT2D eigenvalue weighted by atomic mass is 9.99. The van der Waals surface area contributed by atoms with Crippen molar-refractivity contribution in [3.05, 3.63) is 58.7 Å². The number of aromatic hydroxyl groups is 1. The molecule has 0 bridgehead atoms. The van der Waals surface area contributed by atoms with Gasteiger partial charge in [-0.1, -0.05) is 26.0 Å². The second kappa shape index (κ2) is 6.57. The van der Waals surface area contributed by atoms with Crippen LogP contribution in [-0.4, -0.2) is 11.3 Å². The summed E-state index contributed by atoms with van der Waals surface area (Å²) in [5.41, 5.74) is 5.07. The Morgan fingerprint density at radius 1 is 1.10 bits per heavy atom. The van der Waals surface area contributed by atoms with Crippen molar-refractivity contribution in [3.63, 3.8) is 0 Å². The number of aryl methyl sites for hydroxylation is 2. The van der Waals surface area contributed by atoms with Crippen molar-refractivity contribution in [2.75, 3.05) is 0 Å². The molecule has 0 aromatic heterocycles. The number of phenolic OH excluding ortho intramolecular Hbond substituents is 1. The smallest absolute Gasteiger partial charge is 0.121 e. The number of rotatable bonds is 4. The molecule has 0 amide bonds. The molecule has 2 nitrogen and oxygen atoms in total. The van der Waals surface area contributed by atoms with Crippen molar-refractivity contribution in [1.82, 2.24) is 0 Å². The van der Waals surface area contributed by atoms with E-state index in [-0.39, 0.29) is 0 Å².